The number of carbonyl (C=O) groups excluding carboxylic acids is 1. The minimum Gasteiger partial charge on any atom is -0.370 e. The van der Waals surface area contributed by atoms with Gasteiger partial charge in [-0.25, -0.2) is 18.1 Å². The third kappa shape index (κ3) is 3.09. The van der Waals surface area contributed by atoms with E-state index < -0.39 is 15.9 Å². The number of nitrogens with one attached hydrogen (secondary N) is 1. The fraction of sp³-hybridized carbons (Fsp3) is 0.273. The highest BCUT2D eigenvalue weighted by molar-refractivity contribution is 7.89. The molecule has 0 bridgehead atoms. The van der Waals surface area contributed by atoms with E-state index in [0.29, 0.717) is 12.1 Å². The molecule has 0 aliphatic heterocycles. The van der Waals surface area contributed by atoms with Gasteiger partial charge in [-0.15, -0.1) is 0 Å². The van der Waals surface area contributed by atoms with Crippen molar-refractivity contribution in [2.75, 3.05) is 6.54 Å². The Labute approximate surface area is 120 Å². The highest BCUT2D eigenvalue weighted by Gasteiger charge is 2.23. The lowest BCUT2D eigenvalue weighted by atomic mass is 10.3. The molecule has 9 heteroatoms. The van der Waals surface area contributed by atoms with Crippen molar-refractivity contribution in [2.45, 2.75) is 17.9 Å². The van der Waals surface area contributed by atoms with Gasteiger partial charge in [0.1, 0.15) is 5.65 Å². The maximum Gasteiger partial charge on any atom is 0.259 e. The van der Waals surface area contributed by atoms with E-state index in [2.05, 4.69) is 9.71 Å². The molecule has 0 radical (unpaired) electrons. The summed E-state index contributed by atoms with van der Waals surface area (Å²) in [5.74, 6) is -0.475. The first-order chi connectivity index (χ1) is 9.42. The molecule has 0 aromatic carbocycles. The van der Waals surface area contributed by atoms with Gasteiger partial charge in [0.15, 0.2) is 10.2 Å². The molecule has 3 N–H and O–H groups in total. The van der Waals surface area contributed by atoms with Gasteiger partial charge < -0.3 is 5.73 Å². The number of amides is 1. The molecule has 0 saturated heterocycles. The van der Waals surface area contributed by atoms with E-state index in [-0.39, 0.29) is 23.1 Å². The van der Waals surface area contributed by atoms with Crippen LogP contribution in [-0.4, -0.2) is 30.3 Å². The number of hydrogen-bond acceptors (Lipinski definition) is 4. The quantitative estimate of drug-likeness (QED) is 0.758. The van der Waals surface area contributed by atoms with Crippen LogP contribution in [0.25, 0.3) is 5.65 Å². The number of carbonyl (C=O) groups is 1. The normalized spacial score (nSPS) is 11.8. The first-order valence-corrected chi connectivity index (χ1v) is 7.68. The number of hydrogen-bond donors (Lipinski definition) is 2. The molecule has 0 saturated carbocycles. The second-order valence-corrected chi connectivity index (χ2v) is 6.14. The number of imidazole rings is 1. The van der Waals surface area contributed by atoms with E-state index in [1.54, 1.807) is 24.4 Å². The van der Waals surface area contributed by atoms with Crippen molar-refractivity contribution >= 4 is 33.2 Å². The summed E-state index contributed by atoms with van der Waals surface area (Å²) in [4.78, 5) is 14.6. The van der Waals surface area contributed by atoms with E-state index in [0.717, 1.165) is 0 Å². The molecule has 7 nitrogen and oxygen atoms in total. The Morgan fingerprint density at radius 1 is 1.45 bits per heavy atom. The molecular weight excluding hydrogens is 304 g/mol. The number of nitrogens with two attached hydrogens (primary N) is 1. The summed E-state index contributed by atoms with van der Waals surface area (Å²) in [6, 6.07) is 5.06. The Bertz CT molecular complexity index is 741. The van der Waals surface area contributed by atoms with Crippen LogP contribution in [0.5, 0.6) is 0 Å². The second-order valence-electron chi connectivity index (χ2n) is 4.10. The van der Waals surface area contributed by atoms with Crippen LogP contribution in [0.2, 0.25) is 5.15 Å². The standard InChI is InChI=1S/C11H13ClN4O3S/c12-10-11(16-7-2-1-5-9(16)15-10)20(18,19)14-6-3-4-8(13)17/h1-2,5,7,14H,3-4,6H2,(H2,13,17). The van der Waals surface area contributed by atoms with Crippen LogP contribution in [0.4, 0.5) is 0 Å². The Hall–Kier alpha value is -1.64. The lowest BCUT2D eigenvalue weighted by Gasteiger charge is -2.06. The third-order valence-electron chi connectivity index (χ3n) is 2.59. The Kier molecular flexibility index (Phi) is 4.26. The zero-order valence-corrected chi connectivity index (χ0v) is 12.0. The second kappa shape index (κ2) is 5.78. The van der Waals surface area contributed by atoms with Gasteiger partial charge in [0.25, 0.3) is 10.0 Å². The number of fused-ring (bicyclic) bond motifs is 1. The minimum absolute atomic E-state index is 0.0985. The fourth-order valence-corrected chi connectivity index (χ4v) is 3.44. The zero-order chi connectivity index (χ0) is 14.8. The van der Waals surface area contributed by atoms with Crippen molar-refractivity contribution in [3.8, 4) is 0 Å². The Balaban J connectivity index is 2.23. The molecule has 2 aromatic rings. The number of pyridine rings is 1. The average Bonchev–Trinajstić information content (AvgIpc) is 2.71. The molecule has 108 valence electrons. The van der Waals surface area contributed by atoms with Crippen molar-refractivity contribution in [2.24, 2.45) is 5.73 Å². The molecule has 1 amide bonds. The van der Waals surface area contributed by atoms with Gasteiger partial charge in [0.2, 0.25) is 5.91 Å². The largest absolute Gasteiger partial charge is 0.370 e. The number of halogens is 1. The predicted octanol–water partition coefficient (Wildman–Crippen LogP) is 0.531. The maximum absolute atomic E-state index is 12.2. The smallest absolute Gasteiger partial charge is 0.259 e. The molecule has 0 unspecified atom stereocenters. The van der Waals surface area contributed by atoms with Crippen molar-refractivity contribution in [1.29, 1.82) is 0 Å². The van der Waals surface area contributed by atoms with Crippen molar-refractivity contribution < 1.29 is 13.2 Å². The number of rotatable bonds is 6. The topological polar surface area (TPSA) is 107 Å². The summed E-state index contributed by atoms with van der Waals surface area (Å²) in [5.41, 5.74) is 5.42. The van der Waals surface area contributed by atoms with Crippen LogP contribution in [-0.2, 0) is 14.8 Å². The van der Waals surface area contributed by atoms with Crippen molar-refractivity contribution in [3.05, 3.63) is 29.5 Å². The minimum atomic E-state index is -3.81. The summed E-state index contributed by atoms with van der Waals surface area (Å²) in [6.07, 6.45) is 2.00. The zero-order valence-electron chi connectivity index (χ0n) is 10.4. The summed E-state index contributed by atoms with van der Waals surface area (Å²) in [7, 11) is -3.81. The molecule has 20 heavy (non-hydrogen) atoms. The maximum atomic E-state index is 12.2. The Morgan fingerprint density at radius 2 is 2.20 bits per heavy atom. The SMILES string of the molecule is NC(=O)CCCNS(=O)(=O)c1c(Cl)nc2ccccn12. The summed E-state index contributed by atoms with van der Waals surface area (Å²) in [6.45, 7) is 0.0989. The summed E-state index contributed by atoms with van der Waals surface area (Å²) in [5, 5.41) is -0.215. The van der Waals surface area contributed by atoms with Crippen LogP contribution in [0.1, 0.15) is 12.8 Å². The van der Waals surface area contributed by atoms with Crippen molar-refractivity contribution in [3.63, 3.8) is 0 Å². The lowest BCUT2D eigenvalue weighted by molar-refractivity contribution is -0.118. The van der Waals surface area contributed by atoms with E-state index in [1.807, 2.05) is 0 Å². The summed E-state index contributed by atoms with van der Waals surface area (Å²) >= 11 is 5.89. The third-order valence-corrected chi connectivity index (χ3v) is 4.45. The number of aromatic nitrogens is 2. The number of sulfonamides is 1. The molecule has 0 aliphatic rings. The van der Waals surface area contributed by atoms with Gasteiger partial charge in [-0.3, -0.25) is 9.20 Å². The van der Waals surface area contributed by atoms with Gasteiger partial charge in [0, 0.05) is 19.2 Å². The van der Waals surface area contributed by atoms with Crippen LogP contribution >= 0.6 is 11.6 Å². The first-order valence-electron chi connectivity index (χ1n) is 5.82. The van der Waals surface area contributed by atoms with Crippen LogP contribution in [0, 0.1) is 0 Å². The first kappa shape index (κ1) is 14.8. The molecule has 0 aliphatic carbocycles. The van der Waals surface area contributed by atoms with Gasteiger partial charge in [-0.05, 0) is 18.6 Å². The van der Waals surface area contributed by atoms with Gasteiger partial charge in [-0.2, -0.15) is 0 Å². The van der Waals surface area contributed by atoms with E-state index >= 15 is 0 Å². The Morgan fingerprint density at radius 3 is 2.90 bits per heavy atom. The number of nitrogens with zero attached hydrogens (tertiary/aromatic N) is 2. The molecule has 2 rings (SSSR count). The lowest BCUT2D eigenvalue weighted by Crippen LogP contribution is -2.27. The average molecular weight is 317 g/mol. The monoisotopic (exact) mass is 316 g/mol. The van der Waals surface area contributed by atoms with Gasteiger partial charge in [-0.1, -0.05) is 17.7 Å². The van der Waals surface area contributed by atoms with Crippen molar-refractivity contribution in [1.82, 2.24) is 14.1 Å². The molecule has 2 aromatic heterocycles. The molecular formula is C11H13ClN4O3S. The molecule has 0 spiro atoms. The van der Waals surface area contributed by atoms with E-state index in [4.69, 9.17) is 17.3 Å². The highest BCUT2D eigenvalue weighted by atomic mass is 35.5. The van der Waals surface area contributed by atoms with Gasteiger partial charge in [0.05, 0.1) is 0 Å². The molecule has 0 atom stereocenters. The highest BCUT2D eigenvalue weighted by Crippen LogP contribution is 2.22. The van der Waals surface area contributed by atoms with E-state index in [1.165, 1.54) is 4.40 Å². The van der Waals surface area contributed by atoms with Crippen LogP contribution in [0.15, 0.2) is 29.4 Å². The summed E-state index contributed by atoms with van der Waals surface area (Å²) < 4.78 is 28.2. The van der Waals surface area contributed by atoms with E-state index in [9.17, 15) is 13.2 Å². The van der Waals surface area contributed by atoms with Crippen LogP contribution in [0.3, 0.4) is 0 Å². The number of primary amides is 1. The molecule has 0 fully saturated rings. The predicted molar refractivity (Wildman–Crippen MR) is 73.8 cm³/mol. The molecule has 2 heterocycles. The fourth-order valence-electron chi connectivity index (χ4n) is 1.72. The van der Waals surface area contributed by atoms with Crippen LogP contribution < -0.4 is 10.5 Å². The van der Waals surface area contributed by atoms with Gasteiger partial charge >= 0.3 is 0 Å².